The van der Waals surface area contributed by atoms with E-state index in [2.05, 4.69) is 33.0 Å². The zero-order chi connectivity index (χ0) is 17.5. The summed E-state index contributed by atoms with van der Waals surface area (Å²) in [5.74, 6) is 1.60. The summed E-state index contributed by atoms with van der Waals surface area (Å²) in [6, 6.07) is 20.1. The zero-order valence-electron chi connectivity index (χ0n) is 13.6. The maximum absolute atomic E-state index is 8.69. The van der Waals surface area contributed by atoms with Crippen LogP contribution in [0.2, 0.25) is 5.02 Å². The number of halogens is 1. The zero-order valence-corrected chi connectivity index (χ0v) is 15.2. The number of unbranched alkanes of at least 4 members (excludes halogenated alkanes) is 1. The largest absolute Gasteiger partial charge is 0.298 e. The third kappa shape index (κ3) is 4.41. The molecule has 4 nitrogen and oxygen atoms in total. The van der Waals surface area contributed by atoms with E-state index in [1.165, 1.54) is 5.56 Å². The number of rotatable bonds is 7. The summed E-state index contributed by atoms with van der Waals surface area (Å²) >= 11 is 7.99. The average Bonchev–Trinajstić information content (AvgIpc) is 3.02. The van der Waals surface area contributed by atoms with E-state index in [1.54, 1.807) is 11.8 Å². The van der Waals surface area contributed by atoms with Crippen LogP contribution >= 0.6 is 23.4 Å². The molecule has 6 heteroatoms. The van der Waals surface area contributed by atoms with Crippen molar-refractivity contribution in [3.05, 3.63) is 65.2 Å². The smallest absolute Gasteiger partial charge is 0.191 e. The van der Waals surface area contributed by atoms with E-state index in [0.717, 1.165) is 28.7 Å². The molecule has 0 fully saturated rings. The standard InChI is InChI=1S/C19H17ClN4S/c20-17-11-5-4-10-16(17)18-22-23-19(25-13-7-6-12-21)24(18)14-15-8-2-1-3-9-15/h1-5,8-11H,6-7,13-14H2. The molecule has 3 aromatic rings. The van der Waals surface area contributed by atoms with Gasteiger partial charge >= 0.3 is 0 Å². The third-order valence-electron chi connectivity index (χ3n) is 3.68. The molecule has 0 radical (unpaired) electrons. The van der Waals surface area contributed by atoms with Crippen LogP contribution in [-0.2, 0) is 6.54 Å². The quantitative estimate of drug-likeness (QED) is 0.433. The topological polar surface area (TPSA) is 54.5 Å². The van der Waals surface area contributed by atoms with Gasteiger partial charge in [-0.1, -0.05) is 65.8 Å². The van der Waals surface area contributed by atoms with Crippen LogP contribution < -0.4 is 0 Å². The summed E-state index contributed by atoms with van der Waals surface area (Å²) < 4.78 is 2.09. The Morgan fingerprint density at radius 1 is 1.04 bits per heavy atom. The molecule has 0 aliphatic rings. The summed E-state index contributed by atoms with van der Waals surface area (Å²) in [5.41, 5.74) is 2.05. The molecule has 0 N–H and O–H groups in total. The summed E-state index contributed by atoms with van der Waals surface area (Å²) in [4.78, 5) is 0. The van der Waals surface area contributed by atoms with E-state index in [-0.39, 0.29) is 0 Å². The number of nitrogens with zero attached hydrogens (tertiary/aromatic N) is 4. The van der Waals surface area contributed by atoms with Gasteiger partial charge in [-0.3, -0.25) is 4.57 Å². The van der Waals surface area contributed by atoms with Crippen LogP contribution in [-0.4, -0.2) is 20.5 Å². The molecule has 25 heavy (non-hydrogen) atoms. The Labute approximate surface area is 156 Å². The minimum absolute atomic E-state index is 0.553. The van der Waals surface area contributed by atoms with Crippen LogP contribution in [0.5, 0.6) is 0 Å². The second-order valence-corrected chi connectivity index (χ2v) is 6.94. The van der Waals surface area contributed by atoms with E-state index in [1.807, 2.05) is 42.5 Å². The summed E-state index contributed by atoms with van der Waals surface area (Å²) in [6.07, 6.45) is 1.39. The highest BCUT2D eigenvalue weighted by Gasteiger charge is 2.16. The van der Waals surface area contributed by atoms with Crippen molar-refractivity contribution in [1.29, 1.82) is 5.26 Å². The van der Waals surface area contributed by atoms with Gasteiger partial charge in [0.1, 0.15) is 0 Å². The molecule has 0 aliphatic carbocycles. The van der Waals surface area contributed by atoms with Crippen LogP contribution in [0.1, 0.15) is 18.4 Å². The maximum Gasteiger partial charge on any atom is 0.191 e. The number of nitriles is 1. The molecule has 1 heterocycles. The Bertz CT molecular complexity index is 871. The van der Waals surface area contributed by atoms with E-state index < -0.39 is 0 Å². The molecular weight excluding hydrogens is 352 g/mol. The number of thioether (sulfide) groups is 1. The van der Waals surface area contributed by atoms with Gasteiger partial charge in [-0.05, 0) is 24.1 Å². The van der Waals surface area contributed by atoms with Crippen molar-refractivity contribution in [2.75, 3.05) is 5.75 Å². The van der Waals surface area contributed by atoms with Gasteiger partial charge in [0.05, 0.1) is 17.6 Å². The lowest BCUT2D eigenvalue weighted by Gasteiger charge is -2.11. The minimum Gasteiger partial charge on any atom is -0.298 e. The van der Waals surface area contributed by atoms with Gasteiger partial charge in [0, 0.05) is 17.7 Å². The highest BCUT2D eigenvalue weighted by Crippen LogP contribution is 2.30. The van der Waals surface area contributed by atoms with Crippen molar-refractivity contribution in [3.63, 3.8) is 0 Å². The average molecular weight is 369 g/mol. The first-order valence-electron chi connectivity index (χ1n) is 8.01. The predicted octanol–water partition coefficient (Wildman–Crippen LogP) is 5.04. The molecule has 2 aromatic carbocycles. The number of aromatic nitrogens is 3. The Balaban J connectivity index is 1.93. The highest BCUT2D eigenvalue weighted by molar-refractivity contribution is 7.99. The first-order valence-corrected chi connectivity index (χ1v) is 9.37. The van der Waals surface area contributed by atoms with E-state index >= 15 is 0 Å². The summed E-state index contributed by atoms with van der Waals surface area (Å²) in [6.45, 7) is 0.676. The van der Waals surface area contributed by atoms with Crippen LogP contribution in [0.4, 0.5) is 0 Å². The Morgan fingerprint density at radius 3 is 2.56 bits per heavy atom. The maximum atomic E-state index is 8.69. The summed E-state index contributed by atoms with van der Waals surface area (Å²) in [7, 11) is 0. The molecule has 0 amide bonds. The number of hydrogen-bond donors (Lipinski definition) is 0. The molecule has 0 aliphatic heterocycles. The van der Waals surface area contributed by atoms with Crippen LogP contribution in [0.15, 0.2) is 59.8 Å². The molecular formula is C19H17ClN4S. The third-order valence-corrected chi connectivity index (χ3v) is 5.06. The van der Waals surface area contributed by atoms with Gasteiger partial charge in [0.2, 0.25) is 0 Å². The molecule has 3 rings (SSSR count). The van der Waals surface area contributed by atoms with Crippen molar-refractivity contribution in [1.82, 2.24) is 14.8 Å². The predicted molar refractivity (Wildman–Crippen MR) is 102 cm³/mol. The van der Waals surface area contributed by atoms with Gasteiger partial charge < -0.3 is 0 Å². The van der Waals surface area contributed by atoms with Crippen molar-refractivity contribution >= 4 is 23.4 Å². The number of benzene rings is 2. The Morgan fingerprint density at radius 2 is 1.80 bits per heavy atom. The van der Waals surface area contributed by atoms with Crippen molar-refractivity contribution in [3.8, 4) is 17.5 Å². The van der Waals surface area contributed by atoms with Crippen LogP contribution in [0.3, 0.4) is 0 Å². The van der Waals surface area contributed by atoms with Gasteiger partial charge in [-0.15, -0.1) is 10.2 Å². The van der Waals surface area contributed by atoms with Crippen molar-refractivity contribution in [2.24, 2.45) is 0 Å². The minimum atomic E-state index is 0.553. The van der Waals surface area contributed by atoms with Crippen molar-refractivity contribution in [2.45, 2.75) is 24.5 Å². The molecule has 0 spiro atoms. The second-order valence-electron chi connectivity index (χ2n) is 5.47. The highest BCUT2D eigenvalue weighted by atomic mass is 35.5. The molecule has 0 unspecified atom stereocenters. The lowest BCUT2D eigenvalue weighted by Crippen LogP contribution is -2.04. The molecule has 0 saturated carbocycles. The monoisotopic (exact) mass is 368 g/mol. The van der Waals surface area contributed by atoms with Crippen LogP contribution in [0, 0.1) is 11.3 Å². The van der Waals surface area contributed by atoms with Gasteiger partial charge in [-0.2, -0.15) is 5.26 Å². The molecule has 126 valence electrons. The van der Waals surface area contributed by atoms with Gasteiger partial charge in [0.15, 0.2) is 11.0 Å². The molecule has 0 atom stereocenters. The molecule has 0 bridgehead atoms. The molecule has 1 aromatic heterocycles. The fourth-order valence-corrected chi connectivity index (χ4v) is 3.56. The first-order chi connectivity index (χ1) is 12.3. The lowest BCUT2D eigenvalue weighted by molar-refractivity contribution is 0.714. The fourth-order valence-electron chi connectivity index (χ4n) is 2.46. The second kappa shape index (κ2) is 8.70. The Kier molecular flexibility index (Phi) is 6.10. The fraction of sp³-hybridized carbons (Fsp3) is 0.211. The van der Waals surface area contributed by atoms with Gasteiger partial charge in [0.25, 0.3) is 0 Å². The van der Waals surface area contributed by atoms with E-state index in [9.17, 15) is 0 Å². The molecule has 0 saturated heterocycles. The normalized spacial score (nSPS) is 10.6. The Hall–Kier alpha value is -2.29. The number of hydrogen-bond acceptors (Lipinski definition) is 4. The first kappa shape index (κ1) is 17.5. The van der Waals surface area contributed by atoms with E-state index in [4.69, 9.17) is 16.9 Å². The lowest BCUT2D eigenvalue weighted by atomic mass is 10.2. The summed E-state index contributed by atoms with van der Waals surface area (Å²) in [5, 5.41) is 18.9. The SMILES string of the molecule is N#CCCCSc1nnc(-c2ccccc2Cl)n1Cc1ccccc1. The van der Waals surface area contributed by atoms with Crippen LogP contribution in [0.25, 0.3) is 11.4 Å². The van der Waals surface area contributed by atoms with Crippen molar-refractivity contribution < 1.29 is 0 Å². The van der Waals surface area contributed by atoms with Gasteiger partial charge in [-0.25, -0.2) is 0 Å². The van der Waals surface area contributed by atoms with E-state index in [0.29, 0.717) is 18.0 Å².